The van der Waals surface area contributed by atoms with Crippen molar-refractivity contribution < 1.29 is 19.8 Å². The zero-order valence-corrected chi connectivity index (χ0v) is 14.2. The lowest BCUT2D eigenvalue weighted by Crippen LogP contribution is -1.98. The molecule has 4 nitrogen and oxygen atoms in total. The smallest absolute Gasteiger partial charge is 0.331 e. The Morgan fingerprint density at radius 3 is 1.91 bits per heavy atom. The zero-order chi connectivity index (χ0) is 17.5. The quantitative estimate of drug-likeness (QED) is 0.526. The largest absolute Gasteiger partial charge is 0.478 e. The van der Waals surface area contributed by atoms with Gasteiger partial charge in [0.1, 0.15) is 0 Å². The summed E-state index contributed by atoms with van der Waals surface area (Å²) < 4.78 is 0. The van der Waals surface area contributed by atoms with Gasteiger partial charge in [-0.1, -0.05) is 35.5 Å². The molecule has 0 aromatic heterocycles. The van der Waals surface area contributed by atoms with Crippen molar-refractivity contribution in [3.05, 3.63) is 47.1 Å². The Bertz CT molecular complexity index is 461. The summed E-state index contributed by atoms with van der Waals surface area (Å²) in [6.45, 7) is 9.64. The van der Waals surface area contributed by atoms with E-state index in [0.717, 1.165) is 18.9 Å². The van der Waals surface area contributed by atoms with E-state index in [-0.39, 0.29) is 0 Å². The third-order valence-electron chi connectivity index (χ3n) is 2.69. The summed E-state index contributed by atoms with van der Waals surface area (Å²) in [5, 5.41) is 16.7. The van der Waals surface area contributed by atoms with Gasteiger partial charge in [0.05, 0.1) is 0 Å². The average molecular weight is 308 g/mol. The van der Waals surface area contributed by atoms with E-state index in [0.29, 0.717) is 12.0 Å². The molecule has 0 saturated heterocycles. The van der Waals surface area contributed by atoms with Gasteiger partial charge < -0.3 is 10.2 Å². The van der Waals surface area contributed by atoms with E-state index < -0.39 is 11.9 Å². The molecule has 0 unspecified atom stereocenters. The molecule has 0 spiro atoms. The normalized spacial score (nSPS) is 11.7. The molecule has 124 valence electrons. The summed E-state index contributed by atoms with van der Waals surface area (Å²) in [6.07, 6.45) is 11.0. The molecule has 0 radical (unpaired) electrons. The highest BCUT2D eigenvalue weighted by Gasteiger charge is 2.03. The lowest BCUT2D eigenvalue weighted by Gasteiger charge is -2.00. The van der Waals surface area contributed by atoms with Gasteiger partial charge in [-0.2, -0.15) is 0 Å². The van der Waals surface area contributed by atoms with Gasteiger partial charge >= 0.3 is 11.9 Å². The molecule has 0 fully saturated rings. The highest BCUT2D eigenvalue weighted by Crippen LogP contribution is 2.11. The van der Waals surface area contributed by atoms with Gasteiger partial charge in [0.25, 0.3) is 0 Å². The third-order valence-corrected chi connectivity index (χ3v) is 2.69. The molecular weight excluding hydrogens is 280 g/mol. The molecule has 0 aromatic rings. The molecule has 0 aromatic carbocycles. The number of rotatable bonds is 7. The van der Waals surface area contributed by atoms with Gasteiger partial charge in [-0.25, -0.2) is 9.59 Å². The summed E-state index contributed by atoms with van der Waals surface area (Å²) in [5.74, 6) is -1.71. The molecule has 0 atom stereocenters. The van der Waals surface area contributed by atoms with Crippen LogP contribution in [0.15, 0.2) is 47.1 Å². The molecule has 4 heteroatoms. The predicted octanol–water partition coefficient (Wildman–Crippen LogP) is 4.75. The molecule has 0 saturated carbocycles. The molecule has 0 aliphatic carbocycles. The molecule has 22 heavy (non-hydrogen) atoms. The molecule has 0 amide bonds. The van der Waals surface area contributed by atoms with E-state index in [2.05, 4.69) is 19.9 Å². The fourth-order valence-corrected chi connectivity index (χ4v) is 1.45. The maximum absolute atomic E-state index is 10.7. The molecular formula is C18H28O4. The van der Waals surface area contributed by atoms with Gasteiger partial charge in [-0.05, 0) is 53.9 Å². The van der Waals surface area contributed by atoms with Crippen molar-refractivity contribution in [1.82, 2.24) is 0 Å². The van der Waals surface area contributed by atoms with Crippen molar-refractivity contribution >= 4 is 11.9 Å². The zero-order valence-electron chi connectivity index (χ0n) is 14.2. The second-order valence-electron chi connectivity index (χ2n) is 5.03. The van der Waals surface area contributed by atoms with Gasteiger partial charge in [0, 0.05) is 11.6 Å². The van der Waals surface area contributed by atoms with Crippen LogP contribution in [-0.4, -0.2) is 22.2 Å². The van der Waals surface area contributed by atoms with Crippen molar-refractivity contribution in [2.75, 3.05) is 0 Å². The van der Waals surface area contributed by atoms with Crippen molar-refractivity contribution in [2.45, 2.75) is 53.9 Å². The van der Waals surface area contributed by atoms with Gasteiger partial charge in [-0.15, -0.1) is 0 Å². The second-order valence-corrected chi connectivity index (χ2v) is 5.03. The monoisotopic (exact) mass is 308 g/mol. The van der Waals surface area contributed by atoms with Crippen LogP contribution >= 0.6 is 0 Å². The van der Waals surface area contributed by atoms with Crippen LogP contribution in [-0.2, 0) is 9.59 Å². The van der Waals surface area contributed by atoms with E-state index in [9.17, 15) is 9.59 Å². The summed E-state index contributed by atoms with van der Waals surface area (Å²) in [7, 11) is 0. The Kier molecular flexibility index (Phi) is 14.0. The number of carboxylic acid groups (broad SMARTS) is 2. The van der Waals surface area contributed by atoms with Gasteiger partial charge in [-0.3, -0.25) is 0 Å². The lowest BCUT2D eigenvalue weighted by atomic mass is 10.1. The topological polar surface area (TPSA) is 74.6 Å². The predicted molar refractivity (Wildman–Crippen MR) is 90.9 cm³/mol. The Morgan fingerprint density at radius 2 is 1.59 bits per heavy atom. The lowest BCUT2D eigenvalue weighted by molar-refractivity contribution is -0.133. The first-order valence-electron chi connectivity index (χ1n) is 7.27. The van der Waals surface area contributed by atoms with Crippen LogP contribution in [0.2, 0.25) is 0 Å². The minimum atomic E-state index is -0.891. The molecule has 0 aliphatic rings. The van der Waals surface area contributed by atoms with E-state index in [1.807, 2.05) is 13.0 Å². The van der Waals surface area contributed by atoms with Crippen molar-refractivity contribution in [3.63, 3.8) is 0 Å². The fraction of sp³-hybridized carbons (Fsp3) is 0.444. The van der Waals surface area contributed by atoms with E-state index in [4.69, 9.17) is 10.2 Å². The Labute approximate surface area is 133 Å². The van der Waals surface area contributed by atoms with Crippen molar-refractivity contribution in [3.8, 4) is 0 Å². The number of allylic oxidation sites excluding steroid dienone is 6. The summed E-state index contributed by atoms with van der Waals surface area (Å²) in [5.41, 5.74) is 3.03. The standard InChI is InChI=1S/C14H22O2.C4H6O2/c1-5-13(14(15)16)10-9-12(4)8-6-7-11(2)3;1-2-3-4(5)6/h5,7,9H,6,8,10H2,1-4H3,(H,15,16);2-3H,1H3,(H,5,6)/b12-9?,13-5+;3-2+. The van der Waals surface area contributed by atoms with E-state index in [1.165, 1.54) is 17.2 Å². The first kappa shape index (κ1) is 22.2. The molecule has 0 heterocycles. The molecule has 0 rings (SSSR count). The van der Waals surface area contributed by atoms with E-state index >= 15 is 0 Å². The maximum atomic E-state index is 10.7. The van der Waals surface area contributed by atoms with Gasteiger partial charge in [0.15, 0.2) is 0 Å². The number of hydrogen-bond donors (Lipinski definition) is 2. The highest BCUT2D eigenvalue weighted by atomic mass is 16.4. The Morgan fingerprint density at radius 1 is 1.00 bits per heavy atom. The SMILES string of the molecule is C/C=C(\CC=C(C)CCC=C(C)C)C(=O)O.C/C=C/C(=O)O. The van der Waals surface area contributed by atoms with Crippen LogP contribution in [0.1, 0.15) is 53.9 Å². The number of carbonyl (C=O) groups is 2. The summed E-state index contributed by atoms with van der Waals surface area (Å²) in [6, 6.07) is 0. The average Bonchev–Trinajstić information content (AvgIpc) is 2.39. The van der Waals surface area contributed by atoms with Crippen molar-refractivity contribution in [1.29, 1.82) is 0 Å². The molecule has 0 bridgehead atoms. The van der Waals surface area contributed by atoms with Gasteiger partial charge in [0.2, 0.25) is 0 Å². The van der Waals surface area contributed by atoms with Crippen LogP contribution in [0.4, 0.5) is 0 Å². The Hall–Kier alpha value is -2.10. The first-order chi connectivity index (χ1) is 10.2. The van der Waals surface area contributed by atoms with Crippen LogP contribution in [0, 0.1) is 0 Å². The fourth-order valence-electron chi connectivity index (χ4n) is 1.45. The maximum Gasteiger partial charge on any atom is 0.331 e. The first-order valence-corrected chi connectivity index (χ1v) is 7.27. The summed E-state index contributed by atoms with van der Waals surface area (Å²) in [4.78, 5) is 20.3. The molecule has 2 N–H and O–H groups in total. The molecule has 0 aliphatic heterocycles. The van der Waals surface area contributed by atoms with E-state index in [1.54, 1.807) is 19.9 Å². The second kappa shape index (κ2) is 13.9. The minimum Gasteiger partial charge on any atom is -0.478 e. The van der Waals surface area contributed by atoms with Crippen LogP contribution in [0.25, 0.3) is 0 Å². The van der Waals surface area contributed by atoms with Crippen LogP contribution in [0.3, 0.4) is 0 Å². The number of aliphatic carboxylic acids is 2. The highest BCUT2D eigenvalue weighted by molar-refractivity contribution is 5.86. The number of carboxylic acids is 2. The Balaban J connectivity index is 0. The van der Waals surface area contributed by atoms with Crippen LogP contribution in [0.5, 0.6) is 0 Å². The minimum absolute atomic E-state index is 0.460. The number of hydrogen-bond acceptors (Lipinski definition) is 2. The van der Waals surface area contributed by atoms with Crippen molar-refractivity contribution in [2.24, 2.45) is 0 Å². The summed E-state index contributed by atoms with van der Waals surface area (Å²) >= 11 is 0. The van der Waals surface area contributed by atoms with Crippen LogP contribution < -0.4 is 0 Å². The third kappa shape index (κ3) is 16.0.